The molecule has 0 aliphatic rings. The van der Waals surface area contributed by atoms with Gasteiger partial charge in [-0.1, -0.05) is 378 Å². The van der Waals surface area contributed by atoms with E-state index in [1.54, 1.807) is 6.08 Å². The SMILES string of the molecule is CCCCCCCCC/C=C\CCCCCCCCCC(=O)OCCCCCCCCCCCCCCCCCCCCCCCCCC(=O)NC(CO)C(O)/C=C/CCCCCCCCCCCCCCCCCCCCCCCC. The van der Waals surface area contributed by atoms with Gasteiger partial charge in [0.05, 0.1) is 25.4 Å². The van der Waals surface area contributed by atoms with Crippen molar-refractivity contribution in [3.05, 3.63) is 24.3 Å². The van der Waals surface area contributed by atoms with Crippen LogP contribution in [0.25, 0.3) is 0 Å². The van der Waals surface area contributed by atoms with E-state index in [9.17, 15) is 19.8 Å². The minimum absolute atomic E-state index is 0.0121. The molecule has 486 valence electrons. The summed E-state index contributed by atoms with van der Waals surface area (Å²) < 4.78 is 5.51. The van der Waals surface area contributed by atoms with Crippen molar-refractivity contribution in [2.75, 3.05) is 13.2 Å². The number of aliphatic hydroxyl groups is 2. The van der Waals surface area contributed by atoms with Gasteiger partial charge < -0.3 is 20.3 Å². The molecule has 0 heterocycles. The molecule has 0 aromatic rings. The summed E-state index contributed by atoms with van der Waals surface area (Å²) in [6.07, 6.45) is 91.3. The van der Waals surface area contributed by atoms with E-state index in [-0.39, 0.29) is 18.5 Å². The van der Waals surface area contributed by atoms with Crippen molar-refractivity contribution in [2.24, 2.45) is 0 Å². The third-order valence-corrected chi connectivity index (χ3v) is 17.7. The summed E-state index contributed by atoms with van der Waals surface area (Å²) in [6.45, 7) is 4.95. The van der Waals surface area contributed by atoms with Crippen LogP contribution in [-0.2, 0) is 14.3 Å². The van der Waals surface area contributed by atoms with E-state index >= 15 is 0 Å². The lowest BCUT2D eigenvalue weighted by molar-refractivity contribution is -0.143. The van der Waals surface area contributed by atoms with Crippen molar-refractivity contribution >= 4 is 11.9 Å². The van der Waals surface area contributed by atoms with Gasteiger partial charge in [0.25, 0.3) is 0 Å². The first kappa shape index (κ1) is 80.3. The number of aliphatic hydroxyl groups excluding tert-OH is 2. The van der Waals surface area contributed by atoms with E-state index in [0.717, 1.165) is 44.9 Å². The molecule has 0 aliphatic heterocycles. The van der Waals surface area contributed by atoms with E-state index < -0.39 is 12.1 Å². The van der Waals surface area contributed by atoms with Gasteiger partial charge in [0.1, 0.15) is 0 Å². The number of hydrogen-bond donors (Lipinski definition) is 3. The Balaban J connectivity index is 3.39. The van der Waals surface area contributed by atoms with Crippen molar-refractivity contribution in [1.29, 1.82) is 0 Å². The topological polar surface area (TPSA) is 95.9 Å². The number of unbranched alkanes of at least 4 members (excludes halogenated alkanes) is 58. The maximum Gasteiger partial charge on any atom is 0.305 e. The molecule has 0 spiro atoms. The third kappa shape index (κ3) is 67.5. The Morgan fingerprint density at radius 2 is 0.573 bits per heavy atom. The molecular weight excluding hydrogens is 1010 g/mol. The molecule has 0 bridgehead atoms. The third-order valence-electron chi connectivity index (χ3n) is 17.7. The van der Waals surface area contributed by atoms with Gasteiger partial charge in [-0.15, -0.1) is 0 Å². The summed E-state index contributed by atoms with van der Waals surface area (Å²) >= 11 is 0. The molecule has 2 atom stereocenters. The van der Waals surface area contributed by atoms with E-state index in [4.69, 9.17) is 4.74 Å². The van der Waals surface area contributed by atoms with Crippen LogP contribution in [0.5, 0.6) is 0 Å². The smallest absolute Gasteiger partial charge is 0.305 e. The van der Waals surface area contributed by atoms with Crippen LogP contribution in [0.1, 0.15) is 425 Å². The Hall–Kier alpha value is -1.66. The number of amides is 1. The fourth-order valence-corrected chi connectivity index (χ4v) is 12.0. The number of carbonyl (C=O) groups is 2. The van der Waals surface area contributed by atoms with Gasteiger partial charge >= 0.3 is 5.97 Å². The van der Waals surface area contributed by atoms with Crippen molar-refractivity contribution in [3.63, 3.8) is 0 Å². The Labute approximate surface area is 513 Å². The van der Waals surface area contributed by atoms with Gasteiger partial charge in [-0.3, -0.25) is 9.59 Å². The first-order valence-electron chi connectivity index (χ1n) is 37.6. The highest BCUT2D eigenvalue weighted by atomic mass is 16.5. The maximum absolute atomic E-state index is 12.5. The second-order valence-electron chi connectivity index (χ2n) is 26.0. The average Bonchev–Trinajstić information content (AvgIpc) is 3.48. The lowest BCUT2D eigenvalue weighted by Crippen LogP contribution is -2.45. The Morgan fingerprint density at radius 3 is 0.866 bits per heavy atom. The highest BCUT2D eigenvalue weighted by Crippen LogP contribution is 2.19. The quantitative estimate of drug-likeness (QED) is 0.0320. The summed E-state index contributed by atoms with van der Waals surface area (Å²) in [7, 11) is 0. The first-order chi connectivity index (χ1) is 40.5. The van der Waals surface area contributed by atoms with Crippen LogP contribution in [0.4, 0.5) is 0 Å². The molecular formula is C76H147NO5. The van der Waals surface area contributed by atoms with Crippen LogP contribution in [0.3, 0.4) is 0 Å². The number of hydrogen-bond acceptors (Lipinski definition) is 5. The minimum Gasteiger partial charge on any atom is -0.466 e. The highest BCUT2D eigenvalue weighted by Gasteiger charge is 2.18. The van der Waals surface area contributed by atoms with Crippen LogP contribution < -0.4 is 5.32 Å². The Kier molecular flexibility index (Phi) is 70.4. The van der Waals surface area contributed by atoms with Gasteiger partial charge in [0.15, 0.2) is 0 Å². The molecule has 2 unspecified atom stereocenters. The number of carbonyl (C=O) groups excluding carboxylic acids is 2. The summed E-state index contributed by atoms with van der Waals surface area (Å²) in [6, 6.07) is -0.629. The van der Waals surface area contributed by atoms with Crippen LogP contribution >= 0.6 is 0 Å². The molecule has 0 saturated carbocycles. The number of nitrogens with one attached hydrogen (secondary N) is 1. The highest BCUT2D eigenvalue weighted by molar-refractivity contribution is 5.76. The largest absolute Gasteiger partial charge is 0.466 e. The van der Waals surface area contributed by atoms with Gasteiger partial charge in [-0.05, 0) is 57.8 Å². The lowest BCUT2D eigenvalue weighted by atomic mass is 10.0. The molecule has 0 aromatic carbocycles. The lowest BCUT2D eigenvalue weighted by Gasteiger charge is -2.20. The second-order valence-corrected chi connectivity index (χ2v) is 26.0. The molecule has 0 aliphatic carbocycles. The van der Waals surface area contributed by atoms with E-state index in [1.165, 1.54) is 353 Å². The van der Waals surface area contributed by atoms with Crippen molar-refractivity contribution < 1.29 is 24.5 Å². The molecule has 1 amide bonds. The number of ether oxygens (including phenoxy) is 1. The van der Waals surface area contributed by atoms with Crippen molar-refractivity contribution in [1.82, 2.24) is 5.32 Å². The normalized spacial score (nSPS) is 12.6. The monoisotopic (exact) mass is 1150 g/mol. The summed E-state index contributed by atoms with van der Waals surface area (Å²) in [5.74, 6) is -0.0504. The zero-order valence-electron chi connectivity index (χ0n) is 55.8. The molecule has 0 saturated heterocycles. The Morgan fingerprint density at radius 1 is 0.329 bits per heavy atom. The van der Waals surface area contributed by atoms with Crippen LogP contribution in [-0.4, -0.2) is 47.4 Å². The summed E-state index contributed by atoms with van der Waals surface area (Å²) in [5.41, 5.74) is 0. The van der Waals surface area contributed by atoms with Crippen molar-refractivity contribution in [3.8, 4) is 0 Å². The molecule has 6 nitrogen and oxygen atoms in total. The fourth-order valence-electron chi connectivity index (χ4n) is 12.0. The Bertz CT molecular complexity index is 1280. The zero-order valence-corrected chi connectivity index (χ0v) is 55.8. The number of allylic oxidation sites excluding steroid dienone is 3. The zero-order chi connectivity index (χ0) is 59.2. The standard InChI is InChI=1S/C76H147NO5/c1-3-5-7-9-11-13-15-17-19-21-23-24-25-27-30-33-36-40-44-48-52-56-60-64-68-74(79)73(72-78)77-75(80)69-65-61-57-53-49-45-41-37-34-31-28-26-29-32-35-39-43-47-51-55-59-63-67-71-82-76(81)70-66-62-58-54-50-46-42-38-22-20-18-16-14-12-10-8-6-4-2/h20,22,64,68,73-74,78-79H,3-19,21,23-63,65-67,69-72H2,1-2H3,(H,77,80)/b22-20-,68-64+. The number of esters is 1. The first-order valence-corrected chi connectivity index (χ1v) is 37.6. The molecule has 0 radical (unpaired) electrons. The van der Waals surface area contributed by atoms with E-state index in [0.29, 0.717) is 19.4 Å². The van der Waals surface area contributed by atoms with E-state index in [1.807, 2.05) is 6.08 Å². The van der Waals surface area contributed by atoms with Crippen LogP contribution in [0.2, 0.25) is 0 Å². The average molecular weight is 1160 g/mol. The minimum atomic E-state index is -0.846. The molecule has 0 rings (SSSR count). The molecule has 3 N–H and O–H groups in total. The molecule has 0 fully saturated rings. The van der Waals surface area contributed by atoms with Gasteiger partial charge in [0, 0.05) is 12.8 Å². The summed E-state index contributed by atoms with van der Waals surface area (Å²) in [5, 5.41) is 23.3. The molecule has 6 heteroatoms. The second kappa shape index (κ2) is 71.8. The molecule has 82 heavy (non-hydrogen) atoms. The predicted octanol–water partition coefficient (Wildman–Crippen LogP) is 24.5. The van der Waals surface area contributed by atoms with Gasteiger partial charge in [-0.2, -0.15) is 0 Å². The van der Waals surface area contributed by atoms with Crippen LogP contribution in [0, 0.1) is 0 Å². The van der Waals surface area contributed by atoms with Gasteiger partial charge in [0.2, 0.25) is 5.91 Å². The van der Waals surface area contributed by atoms with Gasteiger partial charge in [-0.25, -0.2) is 0 Å². The predicted molar refractivity (Wildman–Crippen MR) is 361 cm³/mol. The number of rotatable bonds is 71. The fraction of sp³-hybridized carbons (Fsp3) is 0.921. The van der Waals surface area contributed by atoms with Crippen molar-refractivity contribution in [2.45, 2.75) is 437 Å². The summed E-state index contributed by atoms with van der Waals surface area (Å²) in [4.78, 5) is 24.7. The maximum atomic E-state index is 12.5. The van der Waals surface area contributed by atoms with E-state index in [2.05, 4.69) is 31.3 Å². The molecule has 0 aromatic heterocycles. The van der Waals surface area contributed by atoms with Crippen LogP contribution in [0.15, 0.2) is 24.3 Å².